The van der Waals surface area contributed by atoms with Gasteiger partial charge in [0, 0.05) is 12.4 Å². The fourth-order valence-electron chi connectivity index (χ4n) is 1.35. The van der Waals surface area contributed by atoms with Crippen LogP contribution in [0, 0.1) is 0 Å². The fourth-order valence-corrected chi connectivity index (χ4v) is 1.35. The minimum atomic E-state index is -1.10. The van der Waals surface area contributed by atoms with Gasteiger partial charge in [-0.25, -0.2) is 9.78 Å². The highest BCUT2D eigenvalue weighted by Gasteiger charge is 2.13. The summed E-state index contributed by atoms with van der Waals surface area (Å²) < 4.78 is 0. The summed E-state index contributed by atoms with van der Waals surface area (Å²) in [4.78, 5) is 29.0. The molecule has 0 spiro atoms. The van der Waals surface area contributed by atoms with Crippen molar-refractivity contribution in [2.45, 2.75) is 0 Å². The number of carbonyl (C=O) groups excluding carboxylic acids is 1. The van der Waals surface area contributed by atoms with Crippen LogP contribution in [-0.2, 0) is 0 Å². The van der Waals surface area contributed by atoms with Crippen LogP contribution in [0.4, 0.5) is 5.69 Å². The number of nitrogens with zero attached hydrogens (tertiary/aromatic N) is 1. The first-order chi connectivity index (χ1) is 8.18. The van der Waals surface area contributed by atoms with Gasteiger partial charge in [0.15, 0.2) is 5.82 Å². The number of para-hydroxylation sites is 1. The predicted molar refractivity (Wildman–Crippen MR) is 59.9 cm³/mol. The third kappa shape index (κ3) is 2.31. The summed E-state index contributed by atoms with van der Waals surface area (Å²) >= 11 is 0. The third-order valence-corrected chi connectivity index (χ3v) is 2.12. The van der Waals surface area contributed by atoms with E-state index in [1.807, 2.05) is 0 Å². The van der Waals surface area contributed by atoms with Crippen LogP contribution in [0.15, 0.2) is 36.7 Å². The molecule has 0 fully saturated rings. The van der Waals surface area contributed by atoms with Crippen LogP contribution in [0.5, 0.6) is 0 Å². The lowest BCUT2D eigenvalue weighted by molar-refractivity contribution is 0.0698. The maximum Gasteiger partial charge on any atom is 0.337 e. The van der Waals surface area contributed by atoms with Crippen molar-refractivity contribution in [1.82, 2.24) is 9.97 Å². The number of hydrogen-bond acceptors (Lipinski definition) is 3. The second-order valence-corrected chi connectivity index (χ2v) is 3.24. The number of imidazole rings is 1. The summed E-state index contributed by atoms with van der Waals surface area (Å²) in [7, 11) is 0. The number of carboxylic acids is 1. The van der Waals surface area contributed by atoms with Crippen molar-refractivity contribution >= 4 is 17.6 Å². The van der Waals surface area contributed by atoms with Crippen molar-refractivity contribution in [3.63, 3.8) is 0 Å². The Morgan fingerprint density at radius 3 is 2.71 bits per heavy atom. The number of benzene rings is 1. The molecule has 1 aromatic carbocycles. The molecule has 17 heavy (non-hydrogen) atoms. The highest BCUT2D eigenvalue weighted by atomic mass is 16.4. The molecule has 0 aliphatic heterocycles. The lowest BCUT2D eigenvalue weighted by Crippen LogP contribution is -2.16. The van der Waals surface area contributed by atoms with Gasteiger partial charge in [0.1, 0.15) is 0 Å². The molecule has 1 amide bonds. The Kier molecular flexibility index (Phi) is 2.87. The molecule has 0 unspecified atom stereocenters. The van der Waals surface area contributed by atoms with E-state index in [9.17, 15) is 9.59 Å². The molecular formula is C11H9N3O3. The summed E-state index contributed by atoms with van der Waals surface area (Å²) in [6.07, 6.45) is 2.95. The van der Waals surface area contributed by atoms with Gasteiger partial charge in [-0.1, -0.05) is 12.1 Å². The van der Waals surface area contributed by atoms with E-state index < -0.39 is 11.9 Å². The lowest BCUT2D eigenvalue weighted by atomic mass is 10.2. The monoisotopic (exact) mass is 231 g/mol. The molecule has 0 saturated heterocycles. The second kappa shape index (κ2) is 4.48. The van der Waals surface area contributed by atoms with E-state index in [0.717, 1.165) is 0 Å². The molecule has 1 heterocycles. The number of rotatable bonds is 3. The molecule has 0 aliphatic rings. The lowest BCUT2D eigenvalue weighted by Gasteiger charge is -2.06. The zero-order valence-electron chi connectivity index (χ0n) is 8.68. The van der Waals surface area contributed by atoms with E-state index >= 15 is 0 Å². The first-order valence-corrected chi connectivity index (χ1v) is 4.81. The Bertz CT molecular complexity index is 549. The largest absolute Gasteiger partial charge is 0.478 e. The fraction of sp³-hybridized carbons (Fsp3) is 0. The minimum Gasteiger partial charge on any atom is -0.478 e. The molecule has 0 radical (unpaired) electrons. The Hall–Kier alpha value is -2.63. The topological polar surface area (TPSA) is 95.1 Å². The number of hydrogen-bond donors (Lipinski definition) is 3. The van der Waals surface area contributed by atoms with E-state index in [4.69, 9.17) is 5.11 Å². The number of nitrogens with one attached hydrogen (secondary N) is 2. The number of aromatic amines is 1. The second-order valence-electron chi connectivity index (χ2n) is 3.24. The van der Waals surface area contributed by atoms with Crippen LogP contribution >= 0.6 is 0 Å². The molecule has 0 atom stereocenters. The Balaban J connectivity index is 2.25. The summed E-state index contributed by atoms with van der Waals surface area (Å²) in [5.74, 6) is -1.45. The minimum absolute atomic E-state index is 0.0346. The van der Waals surface area contributed by atoms with Crippen LogP contribution in [0.3, 0.4) is 0 Å². The molecule has 2 rings (SSSR count). The Morgan fingerprint density at radius 2 is 2.06 bits per heavy atom. The number of anilines is 1. The van der Waals surface area contributed by atoms with E-state index in [-0.39, 0.29) is 17.1 Å². The van der Waals surface area contributed by atoms with E-state index in [1.165, 1.54) is 24.5 Å². The van der Waals surface area contributed by atoms with Crippen molar-refractivity contribution in [2.75, 3.05) is 5.32 Å². The van der Waals surface area contributed by atoms with Gasteiger partial charge in [0.2, 0.25) is 0 Å². The molecular weight excluding hydrogens is 222 g/mol. The van der Waals surface area contributed by atoms with Crippen LogP contribution in [0.1, 0.15) is 21.0 Å². The highest BCUT2D eigenvalue weighted by Crippen LogP contribution is 2.15. The van der Waals surface area contributed by atoms with E-state index in [1.54, 1.807) is 12.1 Å². The van der Waals surface area contributed by atoms with Gasteiger partial charge in [0.05, 0.1) is 11.3 Å². The number of carbonyl (C=O) groups is 2. The Labute approximate surface area is 96.3 Å². The number of aromatic nitrogens is 2. The smallest absolute Gasteiger partial charge is 0.337 e. The van der Waals surface area contributed by atoms with Crippen LogP contribution in [0.2, 0.25) is 0 Å². The molecule has 0 aliphatic carbocycles. The maximum atomic E-state index is 11.7. The van der Waals surface area contributed by atoms with Gasteiger partial charge < -0.3 is 15.4 Å². The van der Waals surface area contributed by atoms with Crippen LogP contribution < -0.4 is 5.32 Å². The van der Waals surface area contributed by atoms with Crippen molar-refractivity contribution in [3.05, 3.63) is 48.0 Å². The standard InChI is InChI=1S/C11H9N3O3/c15-10(9-12-5-6-13-9)14-8-4-2-1-3-7(8)11(16)17/h1-6H,(H,12,13)(H,14,15)(H,16,17). The number of H-pyrrole nitrogens is 1. The van der Waals surface area contributed by atoms with Crippen LogP contribution in [0.25, 0.3) is 0 Å². The zero-order valence-corrected chi connectivity index (χ0v) is 8.68. The molecule has 1 aromatic heterocycles. The van der Waals surface area contributed by atoms with Gasteiger partial charge in [0.25, 0.3) is 5.91 Å². The molecule has 3 N–H and O–H groups in total. The van der Waals surface area contributed by atoms with Gasteiger partial charge in [-0.3, -0.25) is 4.79 Å². The summed E-state index contributed by atoms with van der Waals surface area (Å²) in [5.41, 5.74) is 0.272. The average Bonchev–Trinajstić information content (AvgIpc) is 2.83. The van der Waals surface area contributed by atoms with Gasteiger partial charge in [-0.15, -0.1) is 0 Å². The molecule has 0 saturated carbocycles. The zero-order chi connectivity index (χ0) is 12.3. The van der Waals surface area contributed by atoms with Crippen molar-refractivity contribution in [2.24, 2.45) is 0 Å². The third-order valence-electron chi connectivity index (χ3n) is 2.12. The molecule has 86 valence electrons. The number of amides is 1. The molecule has 2 aromatic rings. The van der Waals surface area contributed by atoms with Crippen LogP contribution in [-0.4, -0.2) is 27.0 Å². The van der Waals surface area contributed by atoms with Gasteiger partial charge >= 0.3 is 5.97 Å². The van der Waals surface area contributed by atoms with E-state index in [2.05, 4.69) is 15.3 Å². The summed E-state index contributed by atoms with van der Waals surface area (Å²) in [6.45, 7) is 0. The maximum absolute atomic E-state index is 11.7. The molecule has 6 nitrogen and oxygen atoms in total. The van der Waals surface area contributed by atoms with Gasteiger partial charge in [-0.05, 0) is 12.1 Å². The van der Waals surface area contributed by atoms with Crippen molar-refractivity contribution in [1.29, 1.82) is 0 Å². The number of carboxylic acid groups (broad SMARTS) is 1. The first kappa shape index (κ1) is 10.9. The summed E-state index contributed by atoms with van der Waals surface area (Å²) in [6, 6.07) is 6.17. The summed E-state index contributed by atoms with van der Waals surface area (Å²) in [5, 5.41) is 11.4. The quantitative estimate of drug-likeness (QED) is 0.743. The van der Waals surface area contributed by atoms with Crippen molar-refractivity contribution < 1.29 is 14.7 Å². The molecule has 6 heteroatoms. The normalized spacial score (nSPS) is 9.88. The van der Waals surface area contributed by atoms with E-state index in [0.29, 0.717) is 0 Å². The van der Waals surface area contributed by atoms with Gasteiger partial charge in [-0.2, -0.15) is 0 Å². The number of aromatic carboxylic acids is 1. The Morgan fingerprint density at radius 1 is 1.29 bits per heavy atom. The highest BCUT2D eigenvalue weighted by molar-refractivity contribution is 6.05. The SMILES string of the molecule is O=C(Nc1ccccc1C(=O)O)c1ncc[nH]1. The molecule has 0 bridgehead atoms. The predicted octanol–water partition coefficient (Wildman–Crippen LogP) is 1.36. The average molecular weight is 231 g/mol. The van der Waals surface area contributed by atoms with Crippen molar-refractivity contribution in [3.8, 4) is 0 Å². The first-order valence-electron chi connectivity index (χ1n) is 4.81.